The van der Waals surface area contributed by atoms with Crippen LogP contribution in [0.15, 0.2) is 0 Å². The number of carbonyl (C=O) groups is 2. The lowest BCUT2D eigenvalue weighted by molar-refractivity contribution is -0.143. The van der Waals surface area contributed by atoms with E-state index in [0.717, 1.165) is 19.3 Å². The zero-order chi connectivity index (χ0) is 15.6. The van der Waals surface area contributed by atoms with Crippen molar-refractivity contribution in [3.8, 4) is 0 Å². The predicted molar refractivity (Wildman–Crippen MR) is 77.0 cm³/mol. The molecular formula is C17H24O5. The molecule has 1 saturated heterocycles. The highest BCUT2D eigenvalue weighted by atomic mass is 16.7. The smallest absolute Gasteiger partial charge is 0.465 e. The van der Waals surface area contributed by atoms with Gasteiger partial charge in [0.15, 0.2) is 0 Å². The van der Waals surface area contributed by atoms with Crippen LogP contribution in [0, 0.1) is 47.3 Å². The third-order valence-electron chi connectivity index (χ3n) is 7.02. The van der Waals surface area contributed by atoms with Gasteiger partial charge in [-0.1, -0.05) is 13.8 Å². The predicted octanol–water partition coefficient (Wildman–Crippen LogP) is 2.79. The number of cyclic esters (lactones) is 1. The van der Waals surface area contributed by atoms with Gasteiger partial charge in [-0.25, -0.2) is 4.79 Å². The second-order valence-electron chi connectivity index (χ2n) is 7.36. The molecule has 0 aromatic heterocycles. The molecule has 5 aliphatic rings. The Bertz CT molecular complexity index is 503. The number of esters is 1. The SMILES string of the molecule is CC.O=C(O)OC1CC2CC1C1C3CC(C4C(=O)OCC34)C21. The highest BCUT2D eigenvalue weighted by molar-refractivity contribution is 5.76. The monoisotopic (exact) mass is 308 g/mol. The Labute approximate surface area is 130 Å². The van der Waals surface area contributed by atoms with Crippen LogP contribution in [0.1, 0.15) is 33.1 Å². The first kappa shape index (κ1) is 14.3. The average Bonchev–Trinajstić information content (AvgIpc) is 3.23. The molecule has 0 aromatic rings. The molecule has 5 rings (SSSR count). The highest BCUT2D eigenvalue weighted by Crippen LogP contribution is 2.71. The molecule has 5 heteroatoms. The summed E-state index contributed by atoms with van der Waals surface area (Å²) < 4.78 is 10.4. The number of hydrogen-bond acceptors (Lipinski definition) is 4. The van der Waals surface area contributed by atoms with Gasteiger partial charge in [-0.3, -0.25) is 4.79 Å². The fraction of sp³-hybridized carbons (Fsp3) is 0.882. The molecule has 9 atom stereocenters. The lowest BCUT2D eigenvalue weighted by Crippen LogP contribution is -2.43. The molecule has 1 heterocycles. The second kappa shape index (κ2) is 4.87. The molecule has 122 valence electrons. The summed E-state index contributed by atoms with van der Waals surface area (Å²) in [6.45, 7) is 4.59. The Hall–Kier alpha value is -1.26. The van der Waals surface area contributed by atoms with Crippen LogP contribution in [0.25, 0.3) is 0 Å². The van der Waals surface area contributed by atoms with Gasteiger partial charge in [-0.05, 0) is 54.8 Å². The minimum absolute atomic E-state index is 0.0297. The Morgan fingerprint density at radius 3 is 2.59 bits per heavy atom. The topological polar surface area (TPSA) is 72.8 Å². The van der Waals surface area contributed by atoms with Gasteiger partial charge in [0.05, 0.1) is 12.5 Å². The Morgan fingerprint density at radius 1 is 1.09 bits per heavy atom. The first-order chi connectivity index (χ1) is 10.6. The third-order valence-corrected chi connectivity index (χ3v) is 7.02. The Balaban J connectivity index is 0.000000602. The van der Waals surface area contributed by atoms with Crippen molar-refractivity contribution < 1.29 is 24.2 Å². The largest absolute Gasteiger partial charge is 0.506 e. The standard InChI is InChI=1S/C15H18O5.C2H6/c16-14-13-8-3-6(9(13)4-19-14)12-7-1-5(11(8)12)2-10(7)20-15(17)18;1-2/h5-13H,1-4H2,(H,17,18);1-2H3. The quantitative estimate of drug-likeness (QED) is 0.595. The maximum Gasteiger partial charge on any atom is 0.506 e. The lowest BCUT2D eigenvalue weighted by Gasteiger charge is -2.41. The second-order valence-corrected chi connectivity index (χ2v) is 7.36. The Morgan fingerprint density at radius 2 is 1.86 bits per heavy atom. The number of hydrogen-bond donors (Lipinski definition) is 1. The molecule has 5 fully saturated rings. The molecule has 0 amide bonds. The number of carboxylic acid groups (broad SMARTS) is 1. The molecule has 5 nitrogen and oxygen atoms in total. The van der Waals surface area contributed by atoms with Gasteiger partial charge in [0.25, 0.3) is 0 Å². The zero-order valence-corrected chi connectivity index (χ0v) is 13.1. The van der Waals surface area contributed by atoms with Crippen LogP contribution >= 0.6 is 0 Å². The van der Waals surface area contributed by atoms with Crippen molar-refractivity contribution in [1.82, 2.24) is 0 Å². The fourth-order valence-electron chi connectivity index (χ4n) is 6.80. The van der Waals surface area contributed by atoms with Crippen molar-refractivity contribution >= 4 is 12.1 Å². The summed E-state index contributed by atoms with van der Waals surface area (Å²) in [5.41, 5.74) is 0. The molecule has 22 heavy (non-hydrogen) atoms. The fourth-order valence-corrected chi connectivity index (χ4v) is 6.80. The van der Waals surface area contributed by atoms with Gasteiger partial charge in [0.2, 0.25) is 0 Å². The maximum atomic E-state index is 11.9. The first-order valence-electron chi connectivity index (χ1n) is 8.71. The van der Waals surface area contributed by atoms with Crippen LogP contribution in [0.5, 0.6) is 0 Å². The van der Waals surface area contributed by atoms with Crippen molar-refractivity contribution in [2.45, 2.75) is 39.2 Å². The van der Waals surface area contributed by atoms with E-state index in [9.17, 15) is 9.59 Å². The van der Waals surface area contributed by atoms with Crippen molar-refractivity contribution in [3.63, 3.8) is 0 Å². The van der Waals surface area contributed by atoms with Gasteiger partial charge >= 0.3 is 12.1 Å². The van der Waals surface area contributed by atoms with E-state index >= 15 is 0 Å². The summed E-state index contributed by atoms with van der Waals surface area (Å²) in [4.78, 5) is 22.7. The van der Waals surface area contributed by atoms with Gasteiger partial charge in [-0.15, -0.1) is 0 Å². The van der Waals surface area contributed by atoms with E-state index < -0.39 is 6.16 Å². The zero-order valence-electron chi connectivity index (χ0n) is 13.1. The molecular weight excluding hydrogens is 284 g/mol. The van der Waals surface area contributed by atoms with Gasteiger partial charge in [0.1, 0.15) is 6.10 Å². The van der Waals surface area contributed by atoms with Crippen LogP contribution in [0.3, 0.4) is 0 Å². The minimum atomic E-state index is -1.14. The number of carbonyl (C=O) groups excluding carboxylic acids is 1. The van der Waals surface area contributed by atoms with Crippen molar-refractivity contribution in [2.75, 3.05) is 6.61 Å². The molecule has 0 radical (unpaired) electrons. The third kappa shape index (κ3) is 1.65. The highest BCUT2D eigenvalue weighted by Gasteiger charge is 2.70. The number of rotatable bonds is 1. The van der Waals surface area contributed by atoms with Crippen molar-refractivity contribution in [2.24, 2.45) is 47.3 Å². The van der Waals surface area contributed by atoms with E-state index in [2.05, 4.69) is 0 Å². The molecule has 0 spiro atoms. The first-order valence-corrected chi connectivity index (χ1v) is 8.71. The number of ether oxygens (including phenoxy) is 2. The van der Waals surface area contributed by atoms with Gasteiger partial charge in [-0.2, -0.15) is 0 Å². The summed E-state index contributed by atoms with van der Waals surface area (Å²) in [5.74, 6) is 3.83. The summed E-state index contributed by atoms with van der Waals surface area (Å²) in [5, 5.41) is 8.87. The van der Waals surface area contributed by atoms with E-state index in [-0.39, 0.29) is 18.0 Å². The van der Waals surface area contributed by atoms with E-state index in [1.807, 2.05) is 13.8 Å². The normalized spacial score (nSPS) is 52.6. The number of fused-ring (bicyclic) bond motifs is 12. The summed E-state index contributed by atoms with van der Waals surface area (Å²) in [6.07, 6.45) is 1.89. The molecule has 1 aliphatic heterocycles. The summed E-state index contributed by atoms with van der Waals surface area (Å²) in [6, 6.07) is 0. The molecule has 4 saturated carbocycles. The lowest BCUT2D eigenvalue weighted by atomic mass is 9.63. The summed E-state index contributed by atoms with van der Waals surface area (Å²) >= 11 is 0. The van der Waals surface area contributed by atoms with E-state index in [1.165, 1.54) is 0 Å². The van der Waals surface area contributed by atoms with E-state index in [1.54, 1.807) is 0 Å². The molecule has 9 unspecified atom stereocenters. The van der Waals surface area contributed by atoms with Crippen molar-refractivity contribution in [1.29, 1.82) is 0 Å². The molecule has 1 N–H and O–H groups in total. The van der Waals surface area contributed by atoms with E-state index in [4.69, 9.17) is 14.6 Å². The molecule has 4 aliphatic carbocycles. The molecule has 4 bridgehead atoms. The average molecular weight is 308 g/mol. The van der Waals surface area contributed by atoms with Gasteiger partial charge in [0, 0.05) is 5.92 Å². The maximum absolute atomic E-state index is 11.9. The van der Waals surface area contributed by atoms with Crippen LogP contribution in [0.4, 0.5) is 4.79 Å². The summed E-state index contributed by atoms with van der Waals surface area (Å²) in [7, 11) is 0. The molecule has 0 aromatic carbocycles. The van der Waals surface area contributed by atoms with Crippen LogP contribution in [-0.4, -0.2) is 29.9 Å². The van der Waals surface area contributed by atoms with Crippen molar-refractivity contribution in [3.05, 3.63) is 0 Å². The van der Waals surface area contributed by atoms with Gasteiger partial charge < -0.3 is 14.6 Å². The van der Waals surface area contributed by atoms with Crippen LogP contribution in [-0.2, 0) is 14.3 Å². The minimum Gasteiger partial charge on any atom is -0.465 e. The van der Waals surface area contributed by atoms with E-state index in [0.29, 0.717) is 48.0 Å². The Kier molecular flexibility index (Phi) is 3.17. The van der Waals surface area contributed by atoms with Crippen LogP contribution in [0.2, 0.25) is 0 Å². The van der Waals surface area contributed by atoms with Crippen LogP contribution < -0.4 is 0 Å².